The van der Waals surface area contributed by atoms with Gasteiger partial charge < -0.3 is 10.5 Å². The van der Waals surface area contributed by atoms with Gasteiger partial charge in [-0.15, -0.1) is 11.3 Å². The zero-order chi connectivity index (χ0) is 12.3. The van der Waals surface area contributed by atoms with E-state index in [1.54, 1.807) is 11.3 Å². The second kappa shape index (κ2) is 9.63. The fraction of sp³-hybridized carbons (Fsp3) is 0.714. The summed E-state index contributed by atoms with van der Waals surface area (Å²) in [6.07, 6.45) is 7.92. The van der Waals surface area contributed by atoms with Crippen LogP contribution in [-0.2, 0) is 17.9 Å². The Hall–Kier alpha value is -0.380. The lowest BCUT2D eigenvalue weighted by molar-refractivity contribution is 0.119. The van der Waals surface area contributed by atoms with Gasteiger partial charge in [0.1, 0.15) is 0 Å². The second-order valence-electron chi connectivity index (χ2n) is 4.39. The summed E-state index contributed by atoms with van der Waals surface area (Å²) in [7, 11) is 0. The van der Waals surface area contributed by atoms with Crippen LogP contribution < -0.4 is 5.73 Å². The SMILES string of the molecule is CCCCCCCCOCc1ccc(CN)s1. The molecule has 0 fully saturated rings. The van der Waals surface area contributed by atoms with Crippen molar-refractivity contribution >= 4 is 11.3 Å². The van der Waals surface area contributed by atoms with Crippen LogP contribution in [0.3, 0.4) is 0 Å². The summed E-state index contributed by atoms with van der Waals surface area (Å²) in [5, 5.41) is 0. The number of thiophene rings is 1. The van der Waals surface area contributed by atoms with Crippen LogP contribution in [0.1, 0.15) is 55.2 Å². The van der Waals surface area contributed by atoms with E-state index in [0.717, 1.165) is 13.2 Å². The fourth-order valence-electron chi connectivity index (χ4n) is 1.77. The van der Waals surface area contributed by atoms with Gasteiger partial charge in [-0.1, -0.05) is 39.0 Å². The maximum Gasteiger partial charge on any atom is 0.0809 e. The molecule has 1 heterocycles. The molecule has 0 aliphatic carbocycles. The molecule has 1 rings (SSSR count). The van der Waals surface area contributed by atoms with E-state index in [1.165, 1.54) is 48.3 Å². The van der Waals surface area contributed by atoms with Crippen molar-refractivity contribution in [3.8, 4) is 0 Å². The van der Waals surface area contributed by atoms with Crippen LogP contribution in [0.2, 0.25) is 0 Å². The van der Waals surface area contributed by atoms with Gasteiger partial charge in [0.15, 0.2) is 0 Å². The van der Waals surface area contributed by atoms with Crippen LogP contribution in [0.25, 0.3) is 0 Å². The minimum atomic E-state index is 0.641. The van der Waals surface area contributed by atoms with Gasteiger partial charge in [-0.2, -0.15) is 0 Å². The highest BCUT2D eigenvalue weighted by atomic mass is 32.1. The molecule has 2 N–H and O–H groups in total. The second-order valence-corrected chi connectivity index (χ2v) is 5.65. The zero-order valence-corrected chi connectivity index (χ0v) is 11.7. The number of nitrogens with two attached hydrogens (primary N) is 1. The molecule has 0 saturated heterocycles. The minimum Gasteiger partial charge on any atom is -0.376 e. The average Bonchev–Trinajstić information content (AvgIpc) is 2.80. The molecule has 0 spiro atoms. The van der Waals surface area contributed by atoms with E-state index in [9.17, 15) is 0 Å². The van der Waals surface area contributed by atoms with Crippen LogP contribution in [0, 0.1) is 0 Å². The summed E-state index contributed by atoms with van der Waals surface area (Å²) in [4.78, 5) is 2.53. The molecule has 2 nitrogen and oxygen atoms in total. The van der Waals surface area contributed by atoms with Crippen molar-refractivity contribution in [3.05, 3.63) is 21.9 Å². The fourth-order valence-corrected chi connectivity index (χ4v) is 2.60. The molecule has 0 unspecified atom stereocenters. The van der Waals surface area contributed by atoms with Crippen molar-refractivity contribution in [1.82, 2.24) is 0 Å². The average molecular weight is 255 g/mol. The molecule has 0 radical (unpaired) electrons. The first-order valence-electron chi connectivity index (χ1n) is 6.72. The lowest BCUT2D eigenvalue weighted by Gasteiger charge is -2.02. The molecular formula is C14H25NOS. The van der Waals surface area contributed by atoms with Crippen molar-refractivity contribution in [3.63, 3.8) is 0 Å². The first-order valence-corrected chi connectivity index (χ1v) is 7.54. The molecule has 1 aromatic heterocycles. The van der Waals surface area contributed by atoms with Gasteiger partial charge in [0.05, 0.1) is 6.61 Å². The maximum absolute atomic E-state index is 5.65. The Kier molecular flexibility index (Phi) is 8.32. The van der Waals surface area contributed by atoms with Crippen molar-refractivity contribution in [2.45, 2.75) is 58.6 Å². The molecule has 98 valence electrons. The van der Waals surface area contributed by atoms with Gasteiger partial charge in [-0.25, -0.2) is 0 Å². The standard InChI is InChI=1S/C14H25NOS/c1-2-3-4-5-6-7-10-16-12-14-9-8-13(11-15)17-14/h8-9H,2-7,10-12,15H2,1H3. The molecule has 0 aliphatic heterocycles. The highest BCUT2D eigenvalue weighted by Crippen LogP contribution is 2.16. The molecule has 1 aromatic rings. The molecule has 0 saturated carbocycles. The lowest BCUT2D eigenvalue weighted by atomic mass is 10.1. The third kappa shape index (κ3) is 6.81. The number of unbranched alkanes of at least 4 members (excludes halogenated alkanes) is 5. The van der Waals surface area contributed by atoms with Gasteiger partial charge in [-0.3, -0.25) is 0 Å². The normalized spacial score (nSPS) is 10.9. The summed E-state index contributed by atoms with van der Waals surface area (Å²) in [5.74, 6) is 0. The highest BCUT2D eigenvalue weighted by Gasteiger charge is 1.98. The van der Waals surface area contributed by atoms with Crippen LogP contribution in [0.4, 0.5) is 0 Å². The molecular weight excluding hydrogens is 230 g/mol. The third-order valence-corrected chi connectivity index (χ3v) is 3.89. The Morgan fingerprint density at radius 3 is 2.47 bits per heavy atom. The molecule has 3 heteroatoms. The minimum absolute atomic E-state index is 0.641. The Balaban J connectivity index is 1.93. The molecule has 0 aromatic carbocycles. The van der Waals surface area contributed by atoms with Crippen molar-refractivity contribution in [1.29, 1.82) is 0 Å². The monoisotopic (exact) mass is 255 g/mol. The molecule has 0 bridgehead atoms. The number of ether oxygens (including phenoxy) is 1. The van der Waals surface area contributed by atoms with Crippen molar-refractivity contribution in [2.75, 3.05) is 6.61 Å². The molecule has 17 heavy (non-hydrogen) atoms. The van der Waals surface area contributed by atoms with Crippen molar-refractivity contribution < 1.29 is 4.74 Å². The number of hydrogen-bond acceptors (Lipinski definition) is 3. The van der Waals surface area contributed by atoms with Crippen LogP contribution in [0.5, 0.6) is 0 Å². The summed E-state index contributed by atoms with van der Waals surface area (Å²) in [6.45, 7) is 4.53. The van der Waals surface area contributed by atoms with E-state index in [0.29, 0.717) is 6.54 Å². The highest BCUT2D eigenvalue weighted by molar-refractivity contribution is 7.11. The van der Waals surface area contributed by atoms with Gasteiger partial charge in [-0.05, 0) is 18.6 Å². The Bertz CT molecular complexity index is 286. The molecule has 0 amide bonds. The van der Waals surface area contributed by atoms with E-state index < -0.39 is 0 Å². The van der Waals surface area contributed by atoms with Gasteiger partial charge >= 0.3 is 0 Å². The number of rotatable bonds is 10. The van der Waals surface area contributed by atoms with Crippen LogP contribution in [0.15, 0.2) is 12.1 Å². The lowest BCUT2D eigenvalue weighted by Crippen LogP contribution is -1.94. The predicted octanol–water partition coefficient (Wildman–Crippen LogP) is 4.08. The van der Waals surface area contributed by atoms with Crippen LogP contribution in [-0.4, -0.2) is 6.61 Å². The smallest absolute Gasteiger partial charge is 0.0809 e. The third-order valence-electron chi connectivity index (χ3n) is 2.81. The quantitative estimate of drug-likeness (QED) is 0.639. The Labute approximate surface area is 109 Å². The van der Waals surface area contributed by atoms with E-state index in [1.807, 2.05) is 0 Å². The summed E-state index contributed by atoms with van der Waals surface area (Å²) >= 11 is 1.76. The van der Waals surface area contributed by atoms with E-state index in [4.69, 9.17) is 10.5 Å². The predicted molar refractivity (Wildman–Crippen MR) is 75.2 cm³/mol. The Morgan fingerprint density at radius 1 is 1.06 bits per heavy atom. The first-order chi connectivity index (χ1) is 8.36. The van der Waals surface area contributed by atoms with E-state index >= 15 is 0 Å². The summed E-state index contributed by atoms with van der Waals surface area (Å²) in [6, 6.07) is 4.21. The largest absolute Gasteiger partial charge is 0.376 e. The molecule has 0 atom stereocenters. The first kappa shape index (κ1) is 14.7. The van der Waals surface area contributed by atoms with E-state index in [2.05, 4.69) is 19.1 Å². The van der Waals surface area contributed by atoms with Gasteiger partial charge in [0.2, 0.25) is 0 Å². The van der Waals surface area contributed by atoms with Gasteiger partial charge in [0.25, 0.3) is 0 Å². The summed E-state index contributed by atoms with van der Waals surface area (Å²) < 4.78 is 5.65. The van der Waals surface area contributed by atoms with Crippen LogP contribution >= 0.6 is 11.3 Å². The number of hydrogen-bond donors (Lipinski definition) is 1. The molecule has 0 aliphatic rings. The maximum atomic E-state index is 5.65. The van der Waals surface area contributed by atoms with Crippen molar-refractivity contribution in [2.24, 2.45) is 5.73 Å². The summed E-state index contributed by atoms with van der Waals surface area (Å²) in [5.41, 5.74) is 5.57. The topological polar surface area (TPSA) is 35.2 Å². The Morgan fingerprint density at radius 2 is 1.76 bits per heavy atom. The van der Waals surface area contributed by atoms with Gasteiger partial charge in [0, 0.05) is 22.9 Å². The zero-order valence-electron chi connectivity index (χ0n) is 10.9. The van der Waals surface area contributed by atoms with E-state index in [-0.39, 0.29) is 0 Å².